The zero-order valence-corrected chi connectivity index (χ0v) is 18.7. The van der Waals surface area contributed by atoms with E-state index >= 15 is 0 Å². The lowest BCUT2D eigenvalue weighted by atomic mass is 10.0. The van der Waals surface area contributed by atoms with Gasteiger partial charge in [-0.05, 0) is 25.8 Å². The highest BCUT2D eigenvalue weighted by molar-refractivity contribution is 8.00. The first-order valence-corrected chi connectivity index (χ1v) is 11.5. The fourth-order valence-electron chi connectivity index (χ4n) is 4.45. The number of rotatable bonds is 6. The maximum Gasteiger partial charge on any atom is 0.338 e. The Labute approximate surface area is 189 Å². The van der Waals surface area contributed by atoms with Crippen molar-refractivity contribution in [1.29, 1.82) is 0 Å². The first-order valence-electron chi connectivity index (χ1n) is 10.5. The molecule has 0 spiro atoms. The minimum absolute atomic E-state index is 0.0870. The van der Waals surface area contributed by atoms with Gasteiger partial charge in [0, 0.05) is 12.2 Å². The van der Waals surface area contributed by atoms with Crippen LogP contribution in [0.1, 0.15) is 32.3 Å². The first kappa shape index (κ1) is 22.2. The molecule has 2 N–H and O–H groups in total. The second-order valence-corrected chi connectivity index (χ2v) is 9.08. The second kappa shape index (κ2) is 8.85. The van der Waals surface area contributed by atoms with Gasteiger partial charge in [0.2, 0.25) is 5.91 Å². The highest BCUT2D eigenvalue weighted by Gasteiger charge is 2.57. The van der Waals surface area contributed by atoms with Crippen LogP contribution in [0.2, 0.25) is 0 Å². The molecule has 0 aliphatic carbocycles. The van der Waals surface area contributed by atoms with Gasteiger partial charge >= 0.3 is 18.0 Å². The molecule has 2 fully saturated rings. The number of urea groups is 1. The van der Waals surface area contributed by atoms with Gasteiger partial charge in [-0.1, -0.05) is 30.3 Å². The maximum atomic E-state index is 13.0. The molecule has 0 radical (unpaired) electrons. The van der Waals surface area contributed by atoms with Crippen LogP contribution in [0.5, 0.6) is 0 Å². The van der Waals surface area contributed by atoms with Crippen LogP contribution in [-0.2, 0) is 28.7 Å². The van der Waals surface area contributed by atoms with E-state index in [0.29, 0.717) is 18.6 Å². The number of nitrogens with one attached hydrogen (secondary N) is 2. The second-order valence-electron chi connectivity index (χ2n) is 7.78. The Balaban J connectivity index is 1.53. The van der Waals surface area contributed by atoms with E-state index in [1.54, 1.807) is 30.5 Å². The summed E-state index contributed by atoms with van der Waals surface area (Å²) in [7, 11) is 0. The van der Waals surface area contributed by atoms with Crippen LogP contribution in [0.15, 0.2) is 41.6 Å². The van der Waals surface area contributed by atoms with Crippen molar-refractivity contribution in [3.63, 3.8) is 0 Å². The molecule has 0 saturated carbocycles. The van der Waals surface area contributed by atoms with Crippen molar-refractivity contribution >= 4 is 35.6 Å². The Kier molecular flexibility index (Phi) is 6.14. The number of benzene rings is 1. The molecule has 170 valence electrons. The summed E-state index contributed by atoms with van der Waals surface area (Å²) in [6.07, 6.45) is 0.991. The molecule has 4 rings (SSSR count). The molecular formula is C22H25N3O6S. The zero-order chi connectivity index (χ0) is 22.9. The lowest BCUT2D eigenvalue weighted by Crippen LogP contribution is -2.50. The van der Waals surface area contributed by atoms with Gasteiger partial charge in [-0.3, -0.25) is 4.79 Å². The number of hydrogen-bond acceptors (Lipinski definition) is 7. The molecule has 0 bridgehead atoms. The molecule has 3 aliphatic heterocycles. The van der Waals surface area contributed by atoms with Crippen LogP contribution >= 0.6 is 11.8 Å². The molecule has 1 aromatic carbocycles. The number of hydrogen-bond donors (Lipinski definition) is 2. The quantitative estimate of drug-likeness (QED) is 0.622. The summed E-state index contributed by atoms with van der Waals surface area (Å²) in [5.41, 5.74) is 1.37. The minimum atomic E-state index is -0.739. The fraction of sp³-hybridized carbons (Fsp3) is 0.455. The summed E-state index contributed by atoms with van der Waals surface area (Å²) in [6.45, 7) is 3.21. The van der Waals surface area contributed by atoms with E-state index in [1.165, 1.54) is 0 Å². The summed E-state index contributed by atoms with van der Waals surface area (Å²) in [5.74, 6) is -0.835. The van der Waals surface area contributed by atoms with Crippen LogP contribution in [-0.4, -0.2) is 59.8 Å². The van der Waals surface area contributed by atoms with Gasteiger partial charge in [-0.2, -0.15) is 0 Å². The van der Waals surface area contributed by atoms with E-state index in [1.807, 2.05) is 30.3 Å². The van der Waals surface area contributed by atoms with Crippen molar-refractivity contribution in [3.8, 4) is 0 Å². The Morgan fingerprint density at radius 3 is 2.69 bits per heavy atom. The molecule has 3 amide bonds. The Morgan fingerprint density at radius 1 is 1.22 bits per heavy atom. The first-order chi connectivity index (χ1) is 15.4. The minimum Gasteiger partial charge on any atom is -0.463 e. The Bertz CT molecular complexity index is 981. The lowest BCUT2D eigenvalue weighted by Gasteiger charge is -2.33. The summed E-state index contributed by atoms with van der Waals surface area (Å²) in [6, 6.07) is 7.86. The molecule has 0 aromatic heterocycles. The summed E-state index contributed by atoms with van der Waals surface area (Å²) < 4.78 is 10.6. The Morgan fingerprint density at radius 2 is 1.97 bits per heavy atom. The molecule has 10 heteroatoms. The number of ether oxygens (including phenoxy) is 2. The monoisotopic (exact) mass is 459 g/mol. The topological polar surface area (TPSA) is 114 Å². The van der Waals surface area contributed by atoms with Gasteiger partial charge in [-0.15, -0.1) is 11.8 Å². The summed E-state index contributed by atoms with van der Waals surface area (Å²) in [5, 5.41) is 5.13. The van der Waals surface area contributed by atoms with Crippen LogP contribution < -0.4 is 10.6 Å². The fourth-order valence-corrected chi connectivity index (χ4v) is 6.08. The number of carbonyl (C=O) groups excluding carboxylic acids is 4. The average Bonchev–Trinajstić information content (AvgIpc) is 3.31. The molecule has 3 heterocycles. The number of fused-ring (bicyclic) bond motifs is 1. The summed E-state index contributed by atoms with van der Waals surface area (Å²) >= 11 is 1.57. The molecule has 9 nitrogen and oxygen atoms in total. The van der Waals surface area contributed by atoms with Crippen LogP contribution in [0.3, 0.4) is 0 Å². The number of carbonyl (C=O) groups is 4. The number of thioether (sulfide) groups is 1. The molecule has 2 saturated heterocycles. The van der Waals surface area contributed by atoms with Crippen molar-refractivity contribution in [3.05, 3.63) is 47.2 Å². The average molecular weight is 460 g/mol. The third-order valence-electron chi connectivity index (χ3n) is 5.85. The van der Waals surface area contributed by atoms with Gasteiger partial charge < -0.3 is 25.0 Å². The van der Waals surface area contributed by atoms with Crippen molar-refractivity contribution in [2.75, 3.05) is 19.0 Å². The van der Waals surface area contributed by atoms with Gasteiger partial charge in [0.15, 0.2) is 0 Å². The molecule has 3 atom stereocenters. The van der Waals surface area contributed by atoms with Gasteiger partial charge in [0.05, 0.1) is 23.9 Å². The van der Waals surface area contributed by atoms with Crippen LogP contribution in [0.4, 0.5) is 4.79 Å². The number of esters is 2. The molecule has 32 heavy (non-hydrogen) atoms. The molecule has 0 unspecified atom stereocenters. The molecular weight excluding hydrogens is 434 g/mol. The predicted molar refractivity (Wildman–Crippen MR) is 116 cm³/mol. The SMILES string of the molecule is CCOC(=O)C1=C(COC(=O)[C@@H]2CS[C@]3(c4ccccc4)CCC(=O)N23)NC(=O)N[C@H]1C. The van der Waals surface area contributed by atoms with Crippen molar-refractivity contribution in [2.24, 2.45) is 0 Å². The van der Waals surface area contributed by atoms with Crippen molar-refractivity contribution in [2.45, 2.75) is 43.6 Å². The van der Waals surface area contributed by atoms with E-state index in [4.69, 9.17) is 9.47 Å². The number of nitrogens with zero attached hydrogens (tertiary/aromatic N) is 1. The van der Waals surface area contributed by atoms with Crippen LogP contribution in [0, 0.1) is 0 Å². The third kappa shape index (κ3) is 3.83. The predicted octanol–water partition coefficient (Wildman–Crippen LogP) is 1.64. The maximum absolute atomic E-state index is 13.0. The lowest BCUT2D eigenvalue weighted by molar-refractivity contribution is -0.153. The number of amides is 3. The van der Waals surface area contributed by atoms with Crippen molar-refractivity contribution < 1.29 is 28.7 Å². The van der Waals surface area contributed by atoms with E-state index < -0.39 is 34.9 Å². The zero-order valence-electron chi connectivity index (χ0n) is 17.9. The highest BCUT2D eigenvalue weighted by Crippen LogP contribution is 2.54. The summed E-state index contributed by atoms with van der Waals surface area (Å²) in [4.78, 5) is 51.1. The normalized spacial score (nSPS) is 27.0. The van der Waals surface area contributed by atoms with Gasteiger partial charge in [0.1, 0.15) is 17.5 Å². The van der Waals surface area contributed by atoms with E-state index in [-0.39, 0.29) is 30.4 Å². The smallest absolute Gasteiger partial charge is 0.338 e. The highest BCUT2D eigenvalue weighted by atomic mass is 32.2. The van der Waals surface area contributed by atoms with E-state index in [2.05, 4.69) is 10.6 Å². The van der Waals surface area contributed by atoms with Gasteiger partial charge in [0.25, 0.3) is 0 Å². The van der Waals surface area contributed by atoms with Gasteiger partial charge in [-0.25, -0.2) is 14.4 Å². The molecule has 1 aromatic rings. The Hall–Kier alpha value is -3.01. The van der Waals surface area contributed by atoms with Crippen molar-refractivity contribution in [1.82, 2.24) is 15.5 Å². The largest absolute Gasteiger partial charge is 0.463 e. The third-order valence-corrected chi connectivity index (χ3v) is 7.44. The van der Waals surface area contributed by atoms with Crippen LogP contribution in [0.25, 0.3) is 0 Å². The van der Waals surface area contributed by atoms with E-state index in [0.717, 1.165) is 5.56 Å². The standard InChI is InChI=1S/C22H25N3O6S/c1-3-30-20(28)18-13(2)23-21(29)24-15(18)11-31-19(27)16-12-32-22(10-9-17(26)25(16)22)14-7-5-4-6-8-14/h4-8,13,16H,3,9-12H2,1-2H3,(H2,23,24,29)/t13-,16-,22-/m0/s1. The molecule has 3 aliphatic rings. The van der Waals surface area contributed by atoms with E-state index in [9.17, 15) is 19.2 Å².